The molecule has 6 heteroatoms. The zero-order valence-electron chi connectivity index (χ0n) is 11.9. The molecule has 0 spiro atoms. The van der Waals surface area contributed by atoms with Crippen LogP contribution in [0.15, 0.2) is 58.7 Å². The summed E-state index contributed by atoms with van der Waals surface area (Å²) >= 11 is 1.18. The van der Waals surface area contributed by atoms with Crippen molar-refractivity contribution < 1.29 is 9.21 Å². The molecule has 2 heterocycles. The van der Waals surface area contributed by atoms with E-state index in [9.17, 15) is 4.79 Å². The van der Waals surface area contributed by atoms with Crippen molar-refractivity contribution in [3.8, 4) is 0 Å². The molecular formula is C16H15N3O2S. The lowest BCUT2D eigenvalue weighted by Gasteiger charge is -2.21. The second-order valence-corrected chi connectivity index (χ2v) is 5.49. The van der Waals surface area contributed by atoms with Crippen LogP contribution in [0.1, 0.15) is 21.6 Å². The van der Waals surface area contributed by atoms with Gasteiger partial charge in [0.15, 0.2) is 5.69 Å². The topological polar surface area (TPSA) is 59.2 Å². The average molecular weight is 313 g/mol. The van der Waals surface area contributed by atoms with E-state index >= 15 is 0 Å². The Bertz CT molecular complexity index is 696. The summed E-state index contributed by atoms with van der Waals surface area (Å²) < 4.78 is 8.85. The van der Waals surface area contributed by atoms with Gasteiger partial charge in [-0.15, -0.1) is 5.10 Å². The molecule has 22 heavy (non-hydrogen) atoms. The van der Waals surface area contributed by atoms with Crippen LogP contribution in [-0.2, 0) is 13.0 Å². The first-order valence-electron chi connectivity index (χ1n) is 6.94. The molecule has 0 N–H and O–H groups in total. The third kappa shape index (κ3) is 3.59. The van der Waals surface area contributed by atoms with E-state index in [4.69, 9.17) is 4.42 Å². The van der Waals surface area contributed by atoms with Gasteiger partial charge in [-0.05, 0) is 29.6 Å². The molecule has 0 aliphatic rings. The highest BCUT2D eigenvalue weighted by Crippen LogP contribution is 2.11. The minimum absolute atomic E-state index is 0.106. The molecule has 0 atom stereocenters. The molecular weight excluding hydrogens is 298 g/mol. The lowest BCUT2D eigenvalue weighted by Crippen LogP contribution is -2.32. The first-order valence-corrected chi connectivity index (χ1v) is 7.78. The van der Waals surface area contributed by atoms with Crippen LogP contribution >= 0.6 is 11.5 Å². The fourth-order valence-corrected chi connectivity index (χ4v) is 2.61. The highest BCUT2D eigenvalue weighted by Gasteiger charge is 2.18. The Kier molecular flexibility index (Phi) is 4.60. The van der Waals surface area contributed by atoms with Gasteiger partial charge in [0.1, 0.15) is 0 Å². The van der Waals surface area contributed by atoms with Gasteiger partial charge in [-0.3, -0.25) is 4.79 Å². The molecule has 0 bridgehead atoms. The van der Waals surface area contributed by atoms with E-state index in [0.717, 1.165) is 12.0 Å². The predicted octanol–water partition coefficient (Wildman–Crippen LogP) is 3.02. The summed E-state index contributed by atoms with van der Waals surface area (Å²) in [5.41, 5.74) is 2.55. The largest absolute Gasteiger partial charge is 0.472 e. The number of amides is 1. The van der Waals surface area contributed by atoms with Crippen LogP contribution in [-0.4, -0.2) is 26.9 Å². The minimum Gasteiger partial charge on any atom is -0.472 e. The molecule has 1 amide bonds. The van der Waals surface area contributed by atoms with E-state index in [1.54, 1.807) is 22.8 Å². The predicted molar refractivity (Wildman–Crippen MR) is 83.5 cm³/mol. The number of carbonyl (C=O) groups is 1. The summed E-state index contributed by atoms with van der Waals surface area (Å²) in [6, 6.07) is 12.0. The summed E-state index contributed by atoms with van der Waals surface area (Å²) in [5.74, 6) is -0.106. The van der Waals surface area contributed by atoms with Crippen LogP contribution in [0.3, 0.4) is 0 Å². The average Bonchev–Trinajstić information content (AvgIpc) is 3.25. The van der Waals surface area contributed by atoms with Crippen molar-refractivity contribution in [2.24, 2.45) is 0 Å². The third-order valence-corrected chi connectivity index (χ3v) is 3.84. The van der Waals surface area contributed by atoms with Crippen LogP contribution < -0.4 is 0 Å². The summed E-state index contributed by atoms with van der Waals surface area (Å²) in [7, 11) is 0. The molecule has 0 aliphatic carbocycles. The van der Waals surface area contributed by atoms with Gasteiger partial charge >= 0.3 is 0 Å². The maximum atomic E-state index is 12.6. The first kappa shape index (κ1) is 14.5. The number of aromatic nitrogens is 2. The lowest BCUT2D eigenvalue weighted by molar-refractivity contribution is 0.0739. The number of nitrogens with zero attached hydrogens (tertiary/aromatic N) is 3. The van der Waals surface area contributed by atoms with E-state index in [-0.39, 0.29) is 5.91 Å². The Morgan fingerprint density at radius 1 is 1.18 bits per heavy atom. The van der Waals surface area contributed by atoms with Crippen molar-refractivity contribution in [3.05, 3.63) is 71.1 Å². The standard InChI is InChI=1S/C16H15N3O2S/c20-16(15-12-22-18-17-15)19(10-14-7-9-21-11-14)8-6-13-4-2-1-3-5-13/h1-5,7,9,11-12H,6,8,10H2. The summed E-state index contributed by atoms with van der Waals surface area (Å²) in [4.78, 5) is 14.3. The van der Waals surface area contributed by atoms with E-state index in [2.05, 4.69) is 21.7 Å². The molecule has 2 aromatic heterocycles. The zero-order chi connectivity index (χ0) is 15.2. The third-order valence-electron chi connectivity index (χ3n) is 3.33. The molecule has 3 rings (SSSR count). The molecule has 0 unspecified atom stereocenters. The van der Waals surface area contributed by atoms with Crippen molar-refractivity contribution in [2.75, 3.05) is 6.54 Å². The molecule has 0 radical (unpaired) electrons. The first-order chi connectivity index (χ1) is 10.8. The van der Waals surface area contributed by atoms with Gasteiger partial charge in [0.25, 0.3) is 5.91 Å². The Labute approximate surface area is 132 Å². The van der Waals surface area contributed by atoms with Gasteiger partial charge in [0, 0.05) is 24.0 Å². The van der Waals surface area contributed by atoms with Crippen molar-refractivity contribution in [3.63, 3.8) is 0 Å². The lowest BCUT2D eigenvalue weighted by atomic mass is 10.1. The second kappa shape index (κ2) is 7.00. The molecule has 5 nitrogen and oxygen atoms in total. The van der Waals surface area contributed by atoms with Crippen LogP contribution in [0, 0.1) is 0 Å². The number of benzene rings is 1. The van der Waals surface area contributed by atoms with Crippen molar-refractivity contribution in [1.29, 1.82) is 0 Å². The normalized spacial score (nSPS) is 10.5. The van der Waals surface area contributed by atoms with Crippen LogP contribution in [0.2, 0.25) is 0 Å². The number of furan rings is 1. The Morgan fingerprint density at radius 2 is 2.05 bits per heavy atom. The molecule has 0 fully saturated rings. The number of hydrogen-bond acceptors (Lipinski definition) is 5. The number of rotatable bonds is 6. The Hall–Kier alpha value is -2.47. The van der Waals surface area contributed by atoms with Crippen molar-refractivity contribution >= 4 is 17.4 Å². The van der Waals surface area contributed by atoms with Gasteiger partial charge in [-0.2, -0.15) is 0 Å². The quantitative estimate of drug-likeness (QED) is 0.702. The van der Waals surface area contributed by atoms with Gasteiger partial charge < -0.3 is 9.32 Å². The number of hydrogen-bond donors (Lipinski definition) is 0. The van der Waals surface area contributed by atoms with E-state index in [1.807, 2.05) is 24.3 Å². The monoisotopic (exact) mass is 313 g/mol. The maximum Gasteiger partial charge on any atom is 0.275 e. The highest BCUT2D eigenvalue weighted by atomic mass is 32.1. The van der Waals surface area contributed by atoms with E-state index in [0.29, 0.717) is 18.8 Å². The molecule has 1 aromatic carbocycles. The minimum atomic E-state index is -0.106. The van der Waals surface area contributed by atoms with Crippen molar-refractivity contribution in [1.82, 2.24) is 14.5 Å². The smallest absolute Gasteiger partial charge is 0.275 e. The molecule has 0 saturated carbocycles. The summed E-state index contributed by atoms with van der Waals surface area (Å²) in [6.45, 7) is 1.12. The maximum absolute atomic E-state index is 12.6. The Morgan fingerprint density at radius 3 is 2.73 bits per heavy atom. The highest BCUT2D eigenvalue weighted by molar-refractivity contribution is 7.03. The summed E-state index contributed by atoms with van der Waals surface area (Å²) in [5, 5.41) is 5.55. The fourth-order valence-electron chi connectivity index (χ4n) is 2.18. The SMILES string of the molecule is O=C(c1csnn1)N(CCc1ccccc1)Cc1ccoc1. The van der Waals surface area contributed by atoms with E-state index in [1.165, 1.54) is 17.1 Å². The molecule has 0 aliphatic heterocycles. The molecule has 0 saturated heterocycles. The van der Waals surface area contributed by atoms with Gasteiger partial charge in [-0.1, -0.05) is 34.8 Å². The van der Waals surface area contributed by atoms with Crippen LogP contribution in [0.4, 0.5) is 0 Å². The second-order valence-electron chi connectivity index (χ2n) is 4.88. The molecule has 112 valence electrons. The zero-order valence-corrected chi connectivity index (χ0v) is 12.7. The van der Waals surface area contributed by atoms with Crippen LogP contribution in [0.5, 0.6) is 0 Å². The number of carbonyl (C=O) groups excluding carboxylic acids is 1. The van der Waals surface area contributed by atoms with E-state index < -0.39 is 0 Å². The Balaban J connectivity index is 1.72. The van der Waals surface area contributed by atoms with Gasteiger partial charge in [0.2, 0.25) is 0 Å². The van der Waals surface area contributed by atoms with Crippen LogP contribution in [0.25, 0.3) is 0 Å². The van der Waals surface area contributed by atoms with Gasteiger partial charge in [-0.25, -0.2) is 0 Å². The van der Waals surface area contributed by atoms with Crippen molar-refractivity contribution in [2.45, 2.75) is 13.0 Å². The fraction of sp³-hybridized carbons (Fsp3) is 0.188. The van der Waals surface area contributed by atoms with Gasteiger partial charge in [0.05, 0.1) is 12.5 Å². The summed E-state index contributed by atoms with van der Waals surface area (Å²) in [6.07, 6.45) is 4.06. The molecule has 3 aromatic rings.